The van der Waals surface area contributed by atoms with E-state index >= 15 is 0 Å². The summed E-state index contributed by atoms with van der Waals surface area (Å²) in [5, 5.41) is 0. The number of hydrogen-bond donors (Lipinski definition) is 0. The van der Waals surface area contributed by atoms with E-state index in [9.17, 15) is 0 Å². The normalized spacial score (nSPS) is 12.9. The minimum atomic E-state index is -1.18. The Kier molecular flexibility index (Phi) is 5.14. The Balaban J connectivity index is 3.38. The Morgan fingerprint density at radius 1 is 1.11 bits per heavy atom. The zero-order valence-corrected chi connectivity index (χ0v) is 7.60. The molecule has 0 aliphatic rings. The van der Waals surface area contributed by atoms with Crippen LogP contribution in [0.25, 0.3) is 0 Å². The van der Waals surface area contributed by atoms with Gasteiger partial charge in [0.2, 0.25) is 0 Å². The van der Waals surface area contributed by atoms with Crippen LogP contribution in [0.4, 0.5) is 0 Å². The fraction of sp³-hybridized carbons (Fsp3) is 0.600. The van der Waals surface area contributed by atoms with Gasteiger partial charge in [-0.25, -0.2) is 0 Å². The van der Waals surface area contributed by atoms with Gasteiger partial charge in [-0.1, -0.05) is 47.0 Å². The van der Waals surface area contributed by atoms with E-state index in [4.69, 9.17) is 46.4 Å². The van der Waals surface area contributed by atoms with Crippen molar-refractivity contribution in [3.05, 3.63) is 12.2 Å². The summed E-state index contributed by atoms with van der Waals surface area (Å²) >= 11 is 21.5. The molecule has 0 aromatic rings. The fourth-order valence-corrected chi connectivity index (χ4v) is 0.673. The molecule has 0 aromatic carbocycles. The first-order valence-corrected chi connectivity index (χ1v) is 4.01. The van der Waals surface area contributed by atoms with Crippen LogP contribution < -0.4 is 0 Å². The molecule has 0 unspecified atom stereocenters. The van der Waals surface area contributed by atoms with Gasteiger partial charge < -0.3 is 0 Å². The summed E-state index contributed by atoms with van der Waals surface area (Å²) < 4.78 is -1.18. The summed E-state index contributed by atoms with van der Waals surface area (Å²) in [6, 6.07) is 0. The quantitative estimate of drug-likeness (QED) is 0.480. The van der Waals surface area contributed by atoms with E-state index < -0.39 is 3.79 Å². The maximum Gasteiger partial charge on any atom is 0.194 e. The third kappa shape index (κ3) is 8.90. The topological polar surface area (TPSA) is 0 Å². The van der Waals surface area contributed by atoms with Gasteiger partial charge >= 0.3 is 0 Å². The molecule has 0 nitrogen and oxygen atoms in total. The standard InChI is InChI=1S/C5H6Cl4/c6-4-2-1-3-5(7,8)9/h1-2H,3-4H2. The SMILES string of the molecule is ClCC=CCC(Cl)(Cl)Cl. The zero-order chi connectivity index (χ0) is 7.33. The Labute approximate surface area is 74.7 Å². The van der Waals surface area contributed by atoms with E-state index in [1.165, 1.54) is 0 Å². The molecule has 0 amide bonds. The molecule has 0 atom stereocenters. The molecule has 0 saturated carbocycles. The minimum Gasteiger partial charge on any atom is -0.122 e. The van der Waals surface area contributed by atoms with Crippen molar-refractivity contribution >= 4 is 46.4 Å². The van der Waals surface area contributed by atoms with Gasteiger partial charge in [0.1, 0.15) is 0 Å². The van der Waals surface area contributed by atoms with Crippen molar-refractivity contribution in [3.63, 3.8) is 0 Å². The van der Waals surface area contributed by atoms with Gasteiger partial charge in [-0.3, -0.25) is 0 Å². The molecule has 0 saturated heterocycles. The molecule has 0 heterocycles. The molecule has 54 valence electrons. The number of allylic oxidation sites excluding steroid dienone is 2. The van der Waals surface area contributed by atoms with E-state index in [1.807, 2.05) is 0 Å². The summed E-state index contributed by atoms with van der Waals surface area (Å²) in [7, 11) is 0. The molecule has 0 aliphatic carbocycles. The average Bonchev–Trinajstić information content (AvgIpc) is 1.63. The predicted octanol–water partition coefficient (Wildman–Crippen LogP) is 3.54. The molecule has 0 spiro atoms. The number of hydrogen-bond acceptors (Lipinski definition) is 0. The molecule has 0 aliphatic heterocycles. The highest BCUT2D eigenvalue weighted by Gasteiger charge is 2.16. The smallest absolute Gasteiger partial charge is 0.122 e. The Morgan fingerprint density at radius 2 is 1.67 bits per heavy atom. The maximum absolute atomic E-state index is 5.41. The fourth-order valence-electron chi connectivity index (χ4n) is 0.280. The lowest BCUT2D eigenvalue weighted by Gasteiger charge is -2.04. The summed E-state index contributed by atoms with van der Waals surface area (Å²) in [5.41, 5.74) is 0. The molecule has 0 radical (unpaired) electrons. The largest absolute Gasteiger partial charge is 0.194 e. The zero-order valence-electron chi connectivity index (χ0n) is 4.58. The molecule has 9 heavy (non-hydrogen) atoms. The highest BCUT2D eigenvalue weighted by atomic mass is 35.6. The molecule has 0 bridgehead atoms. The van der Waals surface area contributed by atoms with Crippen molar-refractivity contribution in [2.75, 3.05) is 5.88 Å². The van der Waals surface area contributed by atoms with Crippen LogP contribution >= 0.6 is 46.4 Å². The molecule has 0 aromatic heterocycles. The molecule has 0 fully saturated rings. The number of halogens is 4. The summed E-state index contributed by atoms with van der Waals surface area (Å²) in [6.07, 6.45) is 3.88. The molecule has 4 heteroatoms. The van der Waals surface area contributed by atoms with Crippen molar-refractivity contribution in [2.45, 2.75) is 10.2 Å². The Morgan fingerprint density at radius 3 is 2.00 bits per heavy atom. The van der Waals surface area contributed by atoms with Gasteiger partial charge in [-0.15, -0.1) is 11.6 Å². The van der Waals surface area contributed by atoms with E-state index in [1.54, 1.807) is 12.2 Å². The summed E-state index contributed by atoms with van der Waals surface area (Å²) in [5.74, 6) is 0.459. The molecular formula is C5H6Cl4. The third-order valence-electron chi connectivity index (χ3n) is 0.605. The van der Waals surface area contributed by atoms with Crippen LogP contribution in [0.3, 0.4) is 0 Å². The van der Waals surface area contributed by atoms with Crippen molar-refractivity contribution < 1.29 is 0 Å². The van der Waals surface area contributed by atoms with Gasteiger partial charge in [-0.2, -0.15) is 0 Å². The molecular weight excluding hydrogens is 202 g/mol. The van der Waals surface area contributed by atoms with Gasteiger partial charge in [0.15, 0.2) is 3.79 Å². The second-order valence-electron chi connectivity index (χ2n) is 1.45. The average molecular weight is 208 g/mol. The van der Waals surface area contributed by atoms with E-state index in [0.717, 1.165) is 0 Å². The monoisotopic (exact) mass is 206 g/mol. The van der Waals surface area contributed by atoms with Crippen molar-refractivity contribution in [2.24, 2.45) is 0 Å². The highest BCUT2D eigenvalue weighted by molar-refractivity contribution is 6.67. The Hall–Kier alpha value is 0.900. The summed E-state index contributed by atoms with van der Waals surface area (Å²) in [4.78, 5) is 0. The lowest BCUT2D eigenvalue weighted by molar-refractivity contribution is 1.07. The minimum absolute atomic E-state index is 0.407. The van der Waals surface area contributed by atoms with Crippen molar-refractivity contribution in [1.82, 2.24) is 0 Å². The van der Waals surface area contributed by atoms with Crippen LogP contribution in [0, 0.1) is 0 Å². The summed E-state index contributed by atoms with van der Waals surface area (Å²) in [6.45, 7) is 0. The second kappa shape index (κ2) is 4.68. The van der Waals surface area contributed by atoms with Crippen LogP contribution in [0.15, 0.2) is 12.2 Å². The number of rotatable bonds is 2. The van der Waals surface area contributed by atoms with Gasteiger partial charge in [0.05, 0.1) is 0 Å². The van der Waals surface area contributed by atoms with E-state index in [2.05, 4.69) is 0 Å². The van der Waals surface area contributed by atoms with Gasteiger partial charge in [0.25, 0.3) is 0 Å². The third-order valence-corrected chi connectivity index (χ3v) is 1.25. The van der Waals surface area contributed by atoms with Gasteiger partial charge in [0, 0.05) is 12.3 Å². The first-order valence-electron chi connectivity index (χ1n) is 2.34. The first-order chi connectivity index (χ1) is 4.06. The second-order valence-corrected chi connectivity index (χ2v) is 4.27. The van der Waals surface area contributed by atoms with Crippen LogP contribution in [0.2, 0.25) is 0 Å². The maximum atomic E-state index is 5.41. The predicted molar refractivity (Wildman–Crippen MR) is 44.8 cm³/mol. The Bertz CT molecular complexity index is 91.6. The van der Waals surface area contributed by atoms with Crippen LogP contribution in [-0.4, -0.2) is 9.67 Å². The van der Waals surface area contributed by atoms with Crippen LogP contribution in [-0.2, 0) is 0 Å². The van der Waals surface area contributed by atoms with Crippen molar-refractivity contribution in [1.29, 1.82) is 0 Å². The molecule has 0 rings (SSSR count). The lowest BCUT2D eigenvalue weighted by atomic mass is 10.4. The highest BCUT2D eigenvalue weighted by Crippen LogP contribution is 2.30. The molecule has 0 N–H and O–H groups in total. The van der Waals surface area contributed by atoms with Crippen LogP contribution in [0.1, 0.15) is 6.42 Å². The number of alkyl halides is 4. The van der Waals surface area contributed by atoms with Crippen LogP contribution in [0.5, 0.6) is 0 Å². The lowest BCUT2D eigenvalue weighted by Crippen LogP contribution is -1.97. The first kappa shape index (κ1) is 9.90. The van der Waals surface area contributed by atoms with Gasteiger partial charge in [-0.05, 0) is 0 Å². The van der Waals surface area contributed by atoms with E-state index in [0.29, 0.717) is 12.3 Å². The van der Waals surface area contributed by atoms with E-state index in [-0.39, 0.29) is 0 Å². The van der Waals surface area contributed by atoms with Crippen molar-refractivity contribution in [3.8, 4) is 0 Å².